The first-order valence-corrected chi connectivity index (χ1v) is 11.0. The molecule has 0 saturated heterocycles. The SMILES string of the molecule is C#CCCCC1(CCCCCCCCCCCCCC(=O)NCCO)N=N1. The lowest BCUT2D eigenvalue weighted by atomic mass is 9.98. The molecule has 0 aromatic carbocycles. The number of hydrogen-bond donors (Lipinski definition) is 2. The van der Waals surface area contributed by atoms with Crippen molar-refractivity contribution in [3.05, 3.63) is 0 Å². The van der Waals surface area contributed by atoms with Crippen LogP contribution in [0, 0.1) is 12.3 Å². The normalized spacial score (nSPS) is 14.1. The lowest BCUT2D eigenvalue weighted by molar-refractivity contribution is -0.121. The van der Waals surface area contributed by atoms with Crippen LogP contribution in [-0.4, -0.2) is 29.8 Å². The summed E-state index contributed by atoms with van der Waals surface area (Å²) in [5, 5.41) is 19.8. The molecule has 0 unspecified atom stereocenters. The Morgan fingerprint density at radius 1 is 0.852 bits per heavy atom. The van der Waals surface area contributed by atoms with Gasteiger partial charge in [-0.25, -0.2) is 0 Å². The fraction of sp³-hybridized carbons (Fsp3) is 0.864. The van der Waals surface area contributed by atoms with Gasteiger partial charge in [-0.3, -0.25) is 4.79 Å². The maximum atomic E-state index is 11.4. The highest BCUT2D eigenvalue weighted by molar-refractivity contribution is 5.75. The molecule has 0 spiro atoms. The molecule has 0 aromatic heterocycles. The molecule has 5 heteroatoms. The molecule has 0 atom stereocenters. The summed E-state index contributed by atoms with van der Waals surface area (Å²) in [5.41, 5.74) is -0.0453. The third-order valence-electron chi connectivity index (χ3n) is 5.20. The van der Waals surface area contributed by atoms with Crippen LogP contribution in [-0.2, 0) is 4.79 Å². The van der Waals surface area contributed by atoms with Crippen LogP contribution in [0.15, 0.2) is 10.2 Å². The van der Waals surface area contributed by atoms with Crippen LogP contribution in [0.3, 0.4) is 0 Å². The molecule has 1 heterocycles. The summed E-state index contributed by atoms with van der Waals surface area (Å²) < 4.78 is 0. The fourth-order valence-electron chi connectivity index (χ4n) is 3.44. The summed E-state index contributed by atoms with van der Waals surface area (Å²) in [6, 6.07) is 0. The van der Waals surface area contributed by atoms with Crippen molar-refractivity contribution < 1.29 is 9.90 Å². The Labute approximate surface area is 165 Å². The summed E-state index contributed by atoms with van der Waals surface area (Å²) in [7, 11) is 0. The van der Waals surface area contributed by atoms with E-state index in [2.05, 4.69) is 21.5 Å². The highest BCUT2D eigenvalue weighted by atomic mass is 16.3. The fourth-order valence-corrected chi connectivity index (χ4v) is 3.44. The molecule has 2 N–H and O–H groups in total. The second-order valence-corrected chi connectivity index (χ2v) is 7.70. The van der Waals surface area contributed by atoms with Gasteiger partial charge in [-0.1, -0.05) is 57.8 Å². The molecular weight excluding hydrogens is 338 g/mol. The van der Waals surface area contributed by atoms with E-state index in [1.54, 1.807) is 0 Å². The van der Waals surface area contributed by atoms with Crippen LogP contribution in [0.2, 0.25) is 0 Å². The molecule has 1 aliphatic rings. The molecule has 1 rings (SSSR count). The van der Waals surface area contributed by atoms with Gasteiger partial charge in [0.25, 0.3) is 0 Å². The van der Waals surface area contributed by atoms with Gasteiger partial charge in [0.1, 0.15) is 0 Å². The molecule has 0 saturated carbocycles. The average molecular weight is 378 g/mol. The third kappa shape index (κ3) is 13.4. The number of hydrogen-bond acceptors (Lipinski definition) is 4. The van der Waals surface area contributed by atoms with E-state index in [0.717, 1.165) is 38.5 Å². The van der Waals surface area contributed by atoms with Crippen molar-refractivity contribution in [2.75, 3.05) is 13.2 Å². The molecule has 5 nitrogen and oxygen atoms in total. The molecule has 27 heavy (non-hydrogen) atoms. The van der Waals surface area contributed by atoms with Crippen molar-refractivity contribution in [3.63, 3.8) is 0 Å². The second-order valence-electron chi connectivity index (χ2n) is 7.70. The number of nitrogens with zero attached hydrogens (tertiary/aromatic N) is 2. The zero-order chi connectivity index (χ0) is 19.6. The van der Waals surface area contributed by atoms with Gasteiger partial charge >= 0.3 is 0 Å². The number of aliphatic hydroxyl groups excluding tert-OH is 1. The number of carbonyl (C=O) groups is 1. The number of carbonyl (C=O) groups excluding carboxylic acids is 1. The van der Waals surface area contributed by atoms with E-state index in [-0.39, 0.29) is 18.2 Å². The Hall–Kier alpha value is -1.41. The van der Waals surface area contributed by atoms with Crippen LogP contribution < -0.4 is 5.32 Å². The first-order valence-electron chi connectivity index (χ1n) is 11.0. The highest BCUT2D eigenvalue weighted by Crippen LogP contribution is 2.38. The van der Waals surface area contributed by atoms with Gasteiger partial charge in [-0.15, -0.1) is 12.3 Å². The number of terminal acetylenes is 1. The molecule has 0 bridgehead atoms. The predicted octanol–water partition coefficient (Wildman–Crippen LogP) is 5.13. The van der Waals surface area contributed by atoms with Gasteiger partial charge < -0.3 is 10.4 Å². The minimum absolute atomic E-state index is 0.0191. The molecule has 1 aliphatic heterocycles. The number of rotatable bonds is 19. The van der Waals surface area contributed by atoms with E-state index >= 15 is 0 Å². The van der Waals surface area contributed by atoms with Crippen molar-refractivity contribution in [2.24, 2.45) is 10.2 Å². The van der Waals surface area contributed by atoms with Gasteiger partial charge in [0.2, 0.25) is 5.91 Å². The van der Waals surface area contributed by atoms with Crippen LogP contribution in [0.1, 0.15) is 103 Å². The van der Waals surface area contributed by atoms with Crippen LogP contribution in [0.25, 0.3) is 0 Å². The van der Waals surface area contributed by atoms with Gasteiger partial charge in [-0.2, -0.15) is 10.2 Å². The van der Waals surface area contributed by atoms with Gasteiger partial charge in [0.15, 0.2) is 5.66 Å². The van der Waals surface area contributed by atoms with E-state index < -0.39 is 0 Å². The van der Waals surface area contributed by atoms with Gasteiger partial charge in [0.05, 0.1) is 6.61 Å². The molecule has 0 aliphatic carbocycles. The van der Waals surface area contributed by atoms with Crippen LogP contribution >= 0.6 is 0 Å². The molecule has 0 radical (unpaired) electrons. The van der Waals surface area contributed by atoms with Gasteiger partial charge in [-0.05, 0) is 32.1 Å². The summed E-state index contributed by atoms with van der Waals surface area (Å²) >= 11 is 0. The first kappa shape index (κ1) is 23.6. The van der Waals surface area contributed by atoms with E-state index in [1.165, 1.54) is 57.8 Å². The van der Waals surface area contributed by atoms with Crippen molar-refractivity contribution >= 4 is 5.91 Å². The molecule has 0 fully saturated rings. The zero-order valence-electron chi connectivity index (χ0n) is 17.1. The molecule has 0 aromatic rings. The summed E-state index contributed by atoms with van der Waals surface area (Å²) in [6.45, 7) is 0.391. The minimum Gasteiger partial charge on any atom is -0.395 e. The van der Waals surface area contributed by atoms with Gasteiger partial charge in [0, 0.05) is 19.4 Å². The van der Waals surface area contributed by atoms with Crippen LogP contribution in [0.4, 0.5) is 0 Å². The second kappa shape index (κ2) is 15.6. The van der Waals surface area contributed by atoms with E-state index in [4.69, 9.17) is 11.5 Å². The summed E-state index contributed by atoms with van der Waals surface area (Å²) in [4.78, 5) is 11.4. The van der Waals surface area contributed by atoms with Crippen molar-refractivity contribution in [1.82, 2.24) is 5.32 Å². The maximum Gasteiger partial charge on any atom is 0.220 e. The minimum atomic E-state index is -0.0453. The lowest BCUT2D eigenvalue weighted by Crippen LogP contribution is -2.25. The number of amides is 1. The maximum absolute atomic E-state index is 11.4. The van der Waals surface area contributed by atoms with Crippen LogP contribution in [0.5, 0.6) is 0 Å². The molecule has 1 amide bonds. The number of nitrogens with one attached hydrogen (secondary N) is 1. The summed E-state index contributed by atoms with van der Waals surface area (Å²) in [5.74, 6) is 2.75. The lowest BCUT2D eigenvalue weighted by Gasteiger charge is -2.09. The summed E-state index contributed by atoms with van der Waals surface area (Å²) in [6.07, 6.45) is 23.7. The Balaban J connectivity index is 1.76. The first-order chi connectivity index (χ1) is 13.2. The van der Waals surface area contributed by atoms with Crippen molar-refractivity contribution in [3.8, 4) is 12.3 Å². The highest BCUT2D eigenvalue weighted by Gasteiger charge is 2.38. The number of aliphatic hydroxyl groups is 1. The Bertz CT molecular complexity index is 451. The third-order valence-corrected chi connectivity index (χ3v) is 5.20. The Morgan fingerprint density at radius 3 is 1.89 bits per heavy atom. The topological polar surface area (TPSA) is 74.0 Å². The zero-order valence-corrected chi connectivity index (χ0v) is 17.1. The largest absolute Gasteiger partial charge is 0.395 e. The standard InChI is InChI=1S/C22H39N3O2/c1-2-3-14-17-22(24-25-22)18-15-12-10-8-6-4-5-7-9-11-13-16-21(27)23-19-20-26/h1,26H,3-20H2,(H,23,27). The Kier molecular flexibility index (Phi) is 13.7. The molecular formula is C22H39N3O2. The number of unbranched alkanes of at least 4 members (excludes halogenated alkanes) is 11. The van der Waals surface area contributed by atoms with Crippen molar-refractivity contribution in [1.29, 1.82) is 0 Å². The average Bonchev–Trinajstić information content (AvgIpc) is 3.44. The Morgan fingerprint density at radius 2 is 1.37 bits per heavy atom. The van der Waals surface area contributed by atoms with E-state index in [0.29, 0.717) is 13.0 Å². The quantitative estimate of drug-likeness (QED) is 0.242. The smallest absolute Gasteiger partial charge is 0.220 e. The predicted molar refractivity (Wildman–Crippen MR) is 110 cm³/mol. The van der Waals surface area contributed by atoms with E-state index in [9.17, 15) is 4.79 Å². The van der Waals surface area contributed by atoms with E-state index in [1.807, 2.05) is 0 Å². The van der Waals surface area contributed by atoms with Crippen molar-refractivity contribution in [2.45, 2.75) is 108 Å². The molecule has 154 valence electrons. The monoisotopic (exact) mass is 377 g/mol.